The highest BCUT2D eigenvalue weighted by Gasteiger charge is 2.35. The summed E-state index contributed by atoms with van der Waals surface area (Å²) < 4.78 is 78.6. The third kappa shape index (κ3) is 6.16. The maximum atomic E-state index is 13.0. The molecule has 0 fully saturated rings. The number of aliphatic carboxylic acids is 1. The standard InChI is InChI=1S/C16H12Cl2F3NO5S2/c17-9-1-4-14(28(25)6-5-15(23)24)13(7-9)22-29(26,27)10-2-3-12(18)11(8-10)16(19,20)21/h1-4,7-8,22H,5-6H2,(H,23,24). The molecule has 0 aliphatic carbocycles. The lowest BCUT2D eigenvalue weighted by atomic mass is 10.2. The summed E-state index contributed by atoms with van der Waals surface area (Å²) in [4.78, 5) is 9.87. The smallest absolute Gasteiger partial charge is 0.417 e. The van der Waals surface area contributed by atoms with Crippen LogP contribution in [0, 0.1) is 0 Å². The Morgan fingerprint density at radius 3 is 2.41 bits per heavy atom. The Kier molecular flexibility index (Phi) is 7.33. The fraction of sp³-hybridized carbons (Fsp3) is 0.188. The molecule has 2 aromatic carbocycles. The number of rotatable bonds is 7. The van der Waals surface area contributed by atoms with Crippen molar-refractivity contribution in [3.63, 3.8) is 0 Å². The van der Waals surface area contributed by atoms with Crippen LogP contribution in [0.5, 0.6) is 0 Å². The lowest BCUT2D eigenvalue weighted by molar-refractivity contribution is -0.138. The molecule has 13 heteroatoms. The number of alkyl halides is 3. The topological polar surface area (TPSA) is 107 Å². The van der Waals surface area contributed by atoms with E-state index in [0.29, 0.717) is 6.07 Å². The van der Waals surface area contributed by atoms with Gasteiger partial charge in [0.05, 0.1) is 21.9 Å². The molecular formula is C16H12Cl2F3NO5S2. The lowest BCUT2D eigenvalue weighted by Gasteiger charge is -2.16. The van der Waals surface area contributed by atoms with Gasteiger partial charge in [-0.3, -0.25) is 9.52 Å². The number of nitrogens with one attached hydrogen (secondary N) is 1. The molecule has 0 bridgehead atoms. The normalized spacial score (nSPS) is 13.2. The fourth-order valence-electron chi connectivity index (χ4n) is 2.16. The van der Waals surface area contributed by atoms with Crippen molar-refractivity contribution in [3.05, 3.63) is 52.0 Å². The highest BCUT2D eigenvalue weighted by Crippen LogP contribution is 2.36. The predicted octanol–water partition coefficient (Wildman–Crippen LogP) is 4.40. The van der Waals surface area contributed by atoms with Gasteiger partial charge in [0.1, 0.15) is 11.4 Å². The highest BCUT2D eigenvalue weighted by molar-refractivity contribution is 7.93. The first-order valence-electron chi connectivity index (χ1n) is 7.60. The van der Waals surface area contributed by atoms with Crippen LogP contribution in [0.3, 0.4) is 0 Å². The average Bonchev–Trinajstić information content (AvgIpc) is 2.58. The van der Waals surface area contributed by atoms with Gasteiger partial charge in [-0.25, -0.2) is 8.42 Å². The van der Waals surface area contributed by atoms with E-state index in [2.05, 4.69) is 0 Å². The minimum Gasteiger partial charge on any atom is -0.611 e. The van der Waals surface area contributed by atoms with Crippen LogP contribution in [0.2, 0.25) is 10.0 Å². The van der Waals surface area contributed by atoms with Crippen LogP contribution in [0.25, 0.3) is 0 Å². The molecular weight excluding hydrogens is 478 g/mol. The van der Waals surface area contributed by atoms with E-state index in [9.17, 15) is 30.9 Å². The number of carbonyl (C=O) groups is 1. The second-order valence-electron chi connectivity index (χ2n) is 5.58. The van der Waals surface area contributed by atoms with Crippen molar-refractivity contribution in [1.29, 1.82) is 0 Å². The van der Waals surface area contributed by atoms with Crippen LogP contribution < -0.4 is 4.72 Å². The number of benzene rings is 2. The molecule has 0 aromatic heterocycles. The second kappa shape index (κ2) is 9.00. The molecule has 0 amide bonds. The van der Waals surface area contributed by atoms with Gasteiger partial charge in [0.2, 0.25) is 0 Å². The Morgan fingerprint density at radius 1 is 1.17 bits per heavy atom. The van der Waals surface area contributed by atoms with Gasteiger partial charge in [0, 0.05) is 5.02 Å². The third-order valence-corrected chi connectivity index (χ3v) is 6.84. The molecule has 0 saturated heterocycles. The summed E-state index contributed by atoms with van der Waals surface area (Å²) in [7, 11) is -4.53. The molecule has 29 heavy (non-hydrogen) atoms. The molecule has 1 atom stereocenters. The minimum absolute atomic E-state index is 0.0637. The van der Waals surface area contributed by atoms with Crippen LogP contribution in [0.4, 0.5) is 18.9 Å². The summed E-state index contributed by atoms with van der Waals surface area (Å²) in [5.74, 6) is -1.50. The summed E-state index contributed by atoms with van der Waals surface area (Å²) in [5.41, 5.74) is -1.58. The predicted molar refractivity (Wildman–Crippen MR) is 102 cm³/mol. The first-order valence-corrected chi connectivity index (χ1v) is 11.2. The van der Waals surface area contributed by atoms with E-state index in [1.165, 1.54) is 12.1 Å². The van der Waals surface area contributed by atoms with Gasteiger partial charge in [0.25, 0.3) is 10.0 Å². The summed E-state index contributed by atoms with van der Waals surface area (Å²) in [6.07, 6.45) is -5.31. The van der Waals surface area contributed by atoms with E-state index in [4.69, 9.17) is 28.3 Å². The molecule has 0 radical (unpaired) electrons. The van der Waals surface area contributed by atoms with Gasteiger partial charge in [-0.2, -0.15) is 13.2 Å². The fourth-order valence-corrected chi connectivity index (χ4v) is 4.88. The third-order valence-electron chi connectivity index (χ3n) is 3.49. The van der Waals surface area contributed by atoms with E-state index < -0.39 is 55.2 Å². The Hall–Kier alpha value is -1.66. The maximum Gasteiger partial charge on any atom is 0.417 e. The summed E-state index contributed by atoms with van der Waals surface area (Å²) in [6, 6.07) is 5.72. The first-order chi connectivity index (χ1) is 13.3. The van der Waals surface area contributed by atoms with E-state index in [-0.39, 0.29) is 21.4 Å². The molecule has 1 unspecified atom stereocenters. The van der Waals surface area contributed by atoms with Crippen LogP contribution >= 0.6 is 23.2 Å². The first kappa shape index (κ1) is 23.6. The monoisotopic (exact) mass is 489 g/mol. The van der Waals surface area contributed by atoms with Gasteiger partial charge in [0.15, 0.2) is 4.90 Å². The van der Waals surface area contributed by atoms with Crippen LogP contribution in [0.15, 0.2) is 46.2 Å². The summed E-state index contributed by atoms with van der Waals surface area (Å²) >= 11 is 9.43. The lowest BCUT2D eigenvalue weighted by Crippen LogP contribution is -2.18. The Morgan fingerprint density at radius 2 is 1.83 bits per heavy atom. The van der Waals surface area contributed by atoms with E-state index in [1.54, 1.807) is 0 Å². The Balaban J connectivity index is 2.43. The number of carboxylic acids is 1. The van der Waals surface area contributed by atoms with Crippen LogP contribution in [-0.2, 0) is 32.2 Å². The molecule has 2 N–H and O–H groups in total. The van der Waals surface area contributed by atoms with E-state index in [1.807, 2.05) is 4.72 Å². The quantitative estimate of drug-likeness (QED) is 0.560. The van der Waals surface area contributed by atoms with Gasteiger partial charge < -0.3 is 9.66 Å². The average molecular weight is 490 g/mol. The number of carboxylic acid groups (broad SMARTS) is 1. The Bertz CT molecular complexity index is 1030. The van der Waals surface area contributed by atoms with Gasteiger partial charge in [-0.15, -0.1) is 0 Å². The molecule has 2 aromatic rings. The zero-order chi connectivity index (χ0) is 22.0. The van der Waals surface area contributed by atoms with Crippen LogP contribution in [-0.4, -0.2) is 29.8 Å². The zero-order valence-corrected chi connectivity index (χ0v) is 17.3. The van der Waals surface area contributed by atoms with Crippen molar-refractivity contribution >= 4 is 56.1 Å². The van der Waals surface area contributed by atoms with Crippen molar-refractivity contribution in [2.24, 2.45) is 0 Å². The Labute approximate surface area is 176 Å². The summed E-state index contributed by atoms with van der Waals surface area (Å²) in [5, 5.41) is 8.09. The van der Waals surface area contributed by atoms with Gasteiger partial charge >= 0.3 is 12.1 Å². The summed E-state index contributed by atoms with van der Waals surface area (Å²) in [6.45, 7) is 0. The van der Waals surface area contributed by atoms with Gasteiger partial charge in [-0.1, -0.05) is 23.2 Å². The van der Waals surface area contributed by atoms with Crippen LogP contribution in [0.1, 0.15) is 12.0 Å². The molecule has 0 aliphatic heterocycles. The van der Waals surface area contributed by atoms with Crippen molar-refractivity contribution in [1.82, 2.24) is 0 Å². The molecule has 2 rings (SSSR count). The largest absolute Gasteiger partial charge is 0.611 e. The number of hydrogen-bond donors (Lipinski definition) is 2. The molecule has 0 spiro atoms. The van der Waals surface area contributed by atoms with Crippen molar-refractivity contribution < 1.29 is 36.0 Å². The molecule has 158 valence electrons. The van der Waals surface area contributed by atoms with Crippen molar-refractivity contribution in [2.45, 2.75) is 22.4 Å². The highest BCUT2D eigenvalue weighted by atomic mass is 35.5. The van der Waals surface area contributed by atoms with E-state index in [0.717, 1.165) is 18.2 Å². The van der Waals surface area contributed by atoms with Crippen molar-refractivity contribution in [2.75, 3.05) is 10.5 Å². The minimum atomic E-state index is -4.87. The molecule has 0 aliphatic rings. The second-order valence-corrected chi connectivity index (χ2v) is 9.64. The van der Waals surface area contributed by atoms with E-state index >= 15 is 0 Å². The molecule has 6 nitrogen and oxygen atoms in total. The molecule has 0 saturated carbocycles. The maximum absolute atomic E-state index is 13.0. The van der Waals surface area contributed by atoms with Crippen molar-refractivity contribution in [3.8, 4) is 0 Å². The SMILES string of the molecule is O=C(O)CC[S+]([O-])c1ccc(Cl)cc1NS(=O)(=O)c1ccc(Cl)c(C(F)(F)F)c1. The number of halogens is 5. The zero-order valence-electron chi connectivity index (χ0n) is 14.2. The van der Waals surface area contributed by atoms with Gasteiger partial charge in [-0.05, 0) is 47.6 Å². The number of sulfonamides is 1. The number of hydrogen-bond acceptors (Lipinski definition) is 4. The molecule has 0 heterocycles. The number of anilines is 1.